The Morgan fingerprint density at radius 1 is 1.03 bits per heavy atom. The van der Waals surface area contributed by atoms with E-state index in [0.29, 0.717) is 28.0 Å². The Morgan fingerprint density at radius 2 is 1.69 bits per heavy atom. The maximum atomic E-state index is 13.6. The quantitative estimate of drug-likeness (QED) is 0.318. The molecular weight excluding hydrogens is 502 g/mol. The van der Waals surface area contributed by atoms with Crippen LogP contribution >= 0.6 is 15.9 Å². The molecule has 0 bridgehead atoms. The van der Waals surface area contributed by atoms with E-state index < -0.39 is 6.04 Å². The second kappa shape index (κ2) is 9.78. The number of hydrogen-bond acceptors (Lipinski definition) is 3. The van der Waals surface area contributed by atoms with Gasteiger partial charge in [-0.25, -0.2) is 4.98 Å². The van der Waals surface area contributed by atoms with Crippen molar-refractivity contribution in [2.45, 2.75) is 47.1 Å². The fourth-order valence-electron chi connectivity index (χ4n) is 4.14. The highest BCUT2D eigenvalue weighted by molar-refractivity contribution is 9.10. The van der Waals surface area contributed by atoms with Gasteiger partial charge in [0, 0.05) is 10.0 Å². The molecule has 0 aliphatic carbocycles. The standard InChI is InChI=1S/C29H30BrN3O2/c1-18-6-13-23(14-7-18)33-26(32-25-15-12-22(30)16-24(25)28(33)35)19(2)31-27(34)21-10-8-20(9-11-21)17-29(3,4)5/h6-16,19H,17H2,1-5H3,(H,31,34). The predicted molar refractivity (Wildman–Crippen MR) is 145 cm³/mol. The molecule has 1 N–H and O–H groups in total. The number of halogens is 1. The summed E-state index contributed by atoms with van der Waals surface area (Å²) in [5.74, 6) is 0.270. The monoisotopic (exact) mass is 531 g/mol. The lowest BCUT2D eigenvalue weighted by Gasteiger charge is -2.20. The third kappa shape index (κ3) is 5.70. The molecule has 4 rings (SSSR count). The lowest BCUT2D eigenvalue weighted by atomic mass is 9.88. The Labute approximate surface area is 214 Å². The largest absolute Gasteiger partial charge is 0.342 e. The molecule has 35 heavy (non-hydrogen) atoms. The average Bonchev–Trinajstić information content (AvgIpc) is 2.79. The van der Waals surface area contributed by atoms with Crippen LogP contribution in [0.2, 0.25) is 0 Å². The minimum absolute atomic E-state index is 0.176. The van der Waals surface area contributed by atoms with Gasteiger partial charge in [0.25, 0.3) is 11.5 Å². The van der Waals surface area contributed by atoms with E-state index >= 15 is 0 Å². The van der Waals surface area contributed by atoms with Gasteiger partial charge in [-0.2, -0.15) is 0 Å². The molecule has 0 radical (unpaired) electrons. The normalized spacial score (nSPS) is 12.5. The Hall–Kier alpha value is -3.25. The van der Waals surface area contributed by atoms with E-state index in [4.69, 9.17) is 4.98 Å². The van der Waals surface area contributed by atoms with Gasteiger partial charge in [0.15, 0.2) is 0 Å². The topological polar surface area (TPSA) is 64.0 Å². The molecule has 1 atom stereocenters. The van der Waals surface area contributed by atoms with Gasteiger partial charge in [0.2, 0.25) is 0 Å². The number of carbonyl (C=O) groups is 1. The molecule has 1 amide bonds. The van der Waals surface area contributed by atoms with Crippen LogP contribution in [0.4, 0.5) is 0 Å². The predicted octanol–water partition coefficient (Wildman–Crippen LogP) is 6.54. The summed E-state index contributed by atoms with van der Waals surface area (Å²) in [6.45, 7) is 10.4. The van der Waals surface area contributed by atoms with E-state index in [-0.39, 0.29) is 16.9 Å². The van der Waals surface area contributed by atoms with Gasteiger partial charge in [0.05, 0.1) is 22.6 Å². The second-order valence-corrected chi connectivity index (χ2v) is 11.2. The van der Waals surface area contributed by atoms with E-state index in [0.717, 1.165) is 16.5 Å². The van der Waals surface area contributed by atoms with Crippen LogP contribution < -0.4 is 10.9 Å². The average molecular weight is 532 g/mol. The fraction of sp³-hybridized carbons (Fsp3) is 0.276. The van der Waals surface area contributed by atoms with Crippen LogP contribution in [0.15, 0.2) is 76.0 Å². The van der Waals surface area contributed by atoms with Crippen molar-refractivity contribution in [3.05, 3.63) is 104 Å². The lowest BCUT2D eigenvalue weighted by molar-refractivity contribution is 0.0938. The molecule has 1 heterocycles. The van der Waals surface area contributed by atoms with Gasteiger partial charge in [-0.15, -0.1) is 0 Å². The molecule has 0 aliphatic heterocycles. The molecule has 180 valence electrons. The Kier molecular flexibility index (Phi) is 6.95. The molecule has 3 aromatic carbocycles. The van der Waals surface area contributed by atoms with Crippen molar-refractivity contribution in [1.29, 1.82) is 0 Å². The van der Waals surface area contributed by atoms with Crippen LogP contribution in [0, 0.1) is 12.3 Å². The molecule has 1 unspecified atom stereocenters. The van der Waals surface area contributed by atoms with Gasteiger partial charge in [0.1, 0.15) is 5.82 Å². The fourth-order valence-corrected chi connectivity index (χ4v) is 4.50. The van der Waals surface area contributed by atoms with E-state index in [2.05, 4.69) is 42.0 Å². The van der Waals surface area contributed by atoms with Crippen LogP contribution in [0.25, 0.3) is 16.6 Å². The molecule has 6 heteroatoms. The van der Waals surface area contributed by atoms with Crippen molar-refractivity contribution in [3.8, 4) is 5.69 Å². The molecule has 0 saturated heterocycles. The van der Waals surface area contributed by atoms with Crippen molar-refractivity contribution in [1.82, 2.24) is 14.9 Å². The van der Waals surface area contributed by atoms with Gasteiger partial charge in [-0.3, -0.25) is 14.2 Å². The Balaban J connectivity index is 1.71. The van der Waals surface area contributed by atoms with Crippen LogP contribution in [0.3, 0.4) is 0 Å². The number of fused-ring (bicyclic) bond motifs is 1. The number of nitrogens with one attached hydrogen (secondary N) is 1. The number of carbonyl (C=O) groups excluding carboxylic acids is 1. The van der Waals surface area contributed by atoms with Crippen LogP contribution in [0.5, 0.6) is 0 Å². The summed E-state index contributed by atoms with van der Waals surface area (Å²) in [6.07, 6.45) is 0.936. The molecule has 4 aromatic rings. The first-order valence-corrected chi connectivity index (χ1v) is 12.5. The van der Waals surface area contributed by atoms with Crippen molar-refractivity contribution < 1.29 is 4.79 Å². The number of aryl methyl sites for hydroxylation is 1. The smallest absolute Gasteiger partial charge is 0.266 e. The minimum atomic E-state index is -0.501. The molecule has 0 saturated carbocycles. The number of hydrogen-bond donors (Lipinski definition) is 1. The number of benzene rings is 3. The summed E-state index contributed by atoms with van der Waals surface area (Å²) in [5, 5.41) is 3.55. The zero-order chi connectivity index (χ0) is 25.3. The summed E-state index contributed by atoms with van der Waals surface area (Å²) >= 11 is 3.45. The van der Waals surface area contributed by atoms with E-state index in [1.165, 1.54) is 5.56 Å². The maximum absolute atomic E-state index is 13.6. The van der Waals surface area contributed by atoms with Gasteiger partial charge < -0.3 is 5.32 Å². The zero-order valence-electron chi connectivity index (χ0n) is 20.7. The van der Waals surface area contributed by atoms with Crippen LogP contribution in [-0.2, 0) is 6.42 Å². The number of rotatable bonds is 5. The molecule has 0 spiro atoms. The highest BCUT2D eigenvalue weighted by atomic mass is 79.9. The molecule has 5 nitrogen and oxygen atoms in total. The van der Waals surface area contributed by atoms with Crippen LogP contribution in [-0.4, -0.2) is 15.5 Å². The second-order valence-electron chi connectivity index (χ2n) is 10.2. The van der Waals surface area contributed by atoms with Gasteiger partial charge in [-0.1, -0.05) is 66.5 Å². The third-order valence-corrected chi connectivity index (χ3v) is 6.33. The van der Waals surface area contributed by atoms with Gasteiger partial charge >= 0.3 is 0 Å². The van der Waals surface area contributed by atoms with E-state index in [1.807, 2.05) is 74.5 Å². The number of nitrogens with zero attached hydrogens (tertiary/aromatic N) is 2. The zero-order valence-corrected chi connectivity index (χ0v) is 22.3. The number of aromatic nitrogens is 2. The highest BCUT2D eigenvalue weighted by Gasteiger charge is 2.21. The Morgan fingerprint density at radius 3 is 2.31 bits per heavy atom. The maximum Gasteiger partial charge on any atom is 0.266 e. The molecule has 1 aromatic heterocycles. The lowest BCUT2D eigenvalue weighted by Crippen LogP contribution is -2.33. The molecule has 0 fully saturated rings. The van der Waals surface area contributed by atoms with Crippen LogP contribution in [0.1, 0.15) is 61.0 Å². The summed E-state index contributed by atoms with van der Waals surface area (Å²) in [7, 11) is 0. The van der Waals surface area contributed by atoms with Crippen molar-refractivity contribution >= 4 is 32.7 Å². The van der Waals surface area contributed by atoms with E-state index in [1.54, 1.807) is 10.6 Å². The summed E-state index contributed by atoms with van der Waals surface area (Å²) < 4.78 is 2.40. The third-order valence-electron chi connectivity index (χ3n) is 5.83. The summed E-state index contributed by atoms with van der Waals surface area (Å²) in [5.41, 5.74) is 4.15. The molecular formula is C29H30BrN3O2. The van der Waals surface area contributed by atoms with Gasteiger partial charge in [-0.05, 0) is 73.7 Å². The minimum Gasteiger partial charge on any atom is -0.342 e. The highest BCUT2D eigenvalue weighted by Crippen LogP contribution is 2.23. The summed E-state index contributed by atoms with van der Waals surface area (Å²) in [4.78, 5) is 31.5. The first kappa shape index (κ1) is 24.9. The molecule has 0 aliphatic rings. The first-order chi connectivity index (χ1) is 16.5. The Bertz CT molecular complexity index is 1430. The van der Waals surface area contributed by atoms with Crippen molar-refractivity contribution in [2.75, 3.05) is 0 Å². The van der Waals surface area contributed by atoms with E-state index in [9.17, 15) is 9.59 Å². The number of amides is 1. The van der Waals surface area contributed by atoms with Crippen molar-refractivity contribution in [3.63, 3.8) is 0 Å². The first-order valence-electron chi connectivity index (χ1n) is 11.7. The van der Waals surface area contributed by atoms with Crippen molar-refractivity contribution in [2.24, 2.45) is 5.41 Å². The SMILES string of the molecule is Cc1ccc(-n2c(C(C)NC(=O)c3ccc(CC(C)(C)C)cc3)nc3ccc(Br)cc3c2=O)cc1. The summed E-state index contributed by atoms with van der Waals surface area (Å²) in [6, 6.07) is 20.4.